The van der Waals surface area contributed by atoms with Crippen LogP contribution in [0.15, 0.2) is 60.8 Å². The van der Waals surface area contributed by atoms with Crippen LogP contribution in [0.5, 0.6) is 0 Å². The molecule has 206 valence electrons. The van der Waals surface area contributed by atoms with Gasteiger partial charge in [-0.2, -0.15) is 26.3 Å². The fourth-order valence-corrected chi connectivity index (χ4v) is 4.08. The smallest absolute Gasteiger partial charge is 0.396 e. The fraction of sp³-hybridized carbons (Fsp3) is 0.296. The summed E-state index contributed by atoms with van der Waals surface area (Å²) in [6, 6.07) is 11.3. The van der Waals surface area contributed by atoms with E-state index in [9.17, 15) is 31.4 Å². The van der Waals surface area contributed by atoms with Crippen LogP contribution in [-0.2, 0) is 18.9 Å². The van der Waals surface area contributed by atoms with Crippen molar-refractivity contribution in [2.24, 2.45) is 0 Å². The summed E-state index contributed by atoms with van der Waals surface area (Å²) in [5, 5.41) is 12.8. The van der Waals surface area contributed by atoms with Crippen molar-refractivity contribution in [1.29, 1.82) is 0 Å². The number of hydrogen-bond donors (Lipinski definition) is 2. The standard InChI is InChI=1S/C27H25F6N5O/c1-2-38(13-4-14-39)16-19-15-23(35-18-8-6-17(7-9-18)26(28,29)30)20-10-11-22(37-25(20)36-19)24-21(27(31,32)33)5-3-12-34-24/h3,5-12,15,39H,2,4,13-14,16H2,1H3,(H,35,36,37). The van der Waals surface area contributed by atoms with Crippen molar-refractivity contribution >= 4 is 22.4 Å². The molecule has 1 aromatic carbocycles. The number of halogens is 6. The van der Waals surface area contributed by atoms with Crippen molar-refractivity contribution < 1.29 is 31.4 Å². The summed E-state index contributed by atoms with van der Waals surface area (Å²) in [5.74, 6) is 0. The lowest BCUT2D eigenvalue weighted by molar-refractivity contribution is -0.138. The average Bonchev–Trinajstić information content (AvgIpc) is 2.90. The number of rotatable bonds is 9. The molecule has 4 rings (SSSR count). The van der Waals surface area contributed by atoms with Crippen LogP contribution in [0.3, 0.4) is 0 Å². The average molecular weight is 550 g/mol. The van der Waals surface area contributed by atoms with E-state index in [-0.39, 0.29) is 23.6 Å². The normalized spacial score (nSPS) is 12.3. The van der Waals surface area contributed by atoms with Gasteiger partial charge in [-0.3, -0.25) is 9.88 Å². The Kier molecular flexibility index (Phi) is 8.36. The van der Waals surface area contributed by atoms with Gasteiger partial charge in [0.15, 0.2) is 5.65 Å². The minimum Gasteiger partial charge on any atom is -0.396 e. The van der Waals surface area contributed by atoms with E-state index in [4.69, 9.17) is 0 Å². The fourth-order valence-electron chi connectivity index (χ4n) is 4.08. The molecule has 0 spiro atoms. The molecule has 3 aromatic heterocycles. The van der Waals surface area contributed by atoms with Gasteiger partial charge in [0.1, 0.15) is 5.69 Å². The van der Waals surface area contributed by atoms with Gasteiger partial charge in [-0.05, 0) is 67.6 Å². The largest absolute Gasteiger partial charge is 0.418 e. The molecule has 0 saturated carbocycles. The van der Waals surface area contributed by atoms with Crippen molar-refractivity contribution in [2.75, 3.05) is 25.0 Å². The van der Waals surface area contributed by atoms with Gasteiger partial charge < -0.3 is 10.4 Å². The Bertz CT molecular complexity index is 1420. The van der Waals surface area contributed by atoms with Gasteiger partial charge in [0.05, 0.1) is 28.2 Å². The molecule has 0 radical (unpaired) electrons. The summed E-state index contributed by atoms with van der Waals surface area (Å²) in [6.07, 6.45) is -7.33. The van der Waals surface area contributed by atoms with E-state index >= 15 is 0 Å². The van der Waals surface area contributed by atoms with Crippen molar-refractivity contribution in [1.82, 2.24) is 19.9 Å². The van der Waals surface area contributed by atoms with Gasteiger partial charge >= 0.3 is 12.4 Å². The lowest BCUT2D eigenvalue weighted by Gasteiger charge is -2.20. The van der Waals surface area contributed by atoms with Crippen LogP contribution in [0.1, 0.15) is 30.2 Å². The van der Waals surface area contributed by atoms with Gasteiger partial charge in [0.2, 0.25) is 0 Å². The Morgan fingerprint density at radius 1 is 0.923 bits per heavy atom. The molecule has 0 aliphatic carbocycles. The third-order valence-electron chi connectivity index (χ3n) is 6.04. The van der Waals surface area contributed by atoms with Crippen molar-refractivity contribution in [3.63, 3.8) is 0 Å². The molecular weight excluding hydrogens is 524 g/mol. The number of alkyl halides is 6. The van der Waals surface area contributed by atoms with Gasteiger partial charge in [-0.15, -0.1) is 0 Å². The highest BCUT2D eigenvalue weighted by Gasteiger charge is 2.35. The number of aliphatic hydroxyl groups is 1. The van der Waals surface area contributed by atoms with Crippen LogP contribution in [0.4, 0.5) is 37.7 Å². The quantitative estimate of drug-likeness (QED) is 0.227. The molecule has 0 bridgehead atoms. The van der Waals surface area contributed by atoms with Crippen molar-refractivity contribution in [3.8, 4) is 11.4 Å². The van der Waals surface area contributed by atoms with Crippen molar-refractivity contribution in [3.05, 3.63) is 77.6 Å². The first-order chi connectivity index (χ1) is 18.5. The lowest BCUT2D eigenvalue weighted by Crippen LogP contribution is -2.25. The van der Waals surface area contributed by atoms with E-state index in [2.05, 4.69) is 20.3 Å². The highest BCUT2D eigenvalue weighted by molar-refractivity contribution is 5.92. The third kappa shape index (κ3) is 6.82. The molecule has 3 heterocycles. The zero-order chi connectivity index (χ0) is 28.2. The van der Waals surface area contributed by atoms with Gasteiger partial charge in [0.25, 0.3) is 0 Å². The number of hydrogen-bond acceptors (Lipinski definition) is 6. The minimum absolute atomic E-state index is 0.0128. The molecule has 0 aliphatic rings. The second-order valence-electron chi connectivity index (χ2n) is 8.77. The predicted octanol–water partition coefficient (Wildman–Crippen LogP) is 6.68. The van der Waals surface area contributed by atoms with Crippen LogP contribution < -0.4 is 5.32 Å². The van der Waals surface area contributed by atoms with E-state index in [0.29, 0.717) is 48.5 Å². The van der Waals surface area contributed by atoms with E-state index in [1.165, 1.54) is 30.5 Å². The summed E-state index contributed by atoms with van der Waals surface area (Å²) in [4.78, 5) is 14.9. The number of nitrogens with one attached hydrogen (secondary N) is 1. The molecule has 0 fully saturated rings. The van der Waals surface area contributed by atoms with Crippen LogP contribution in [0.2, 0.25) is 0 Å². The molecule has 4 aromatic rings. The number of nitrogens with zero attached hydrogens (tertiary/aromatic N) is 4. The Morgan fingerprint density at radius 3 is 2.31 bits per heavy atom. The number of anilines is 2. The first-order valence-electron chi connectivity index (χ1n) is 12.1. The van der Waals surface area contributed by atoms with E-state index < -0.39 is 23.5 Å². The van der Waals surface area contributed by atoms with E-state index in [1.54, 1.807) is 12.1 Å². The minimum atomic E-state index is -4.64. The maximum absolute atomic E-state index is 13.6. The second-order valence-corrected chi connectivity index (χ2v) is 8.77. The first kappa shape index (κ1) is 28.2. The lowest BCUT2D eigenvalue weighted by atomic mass is 10.1. The monoisotopic (exact) mass is 549 g/mol. The molecule has 2 N–H and O–H groups in total. The molecule has 0 aliphatic heterocycles. The molecule has 0 atom stereocenters. The summed E-state index contributed by atoms with van der Waals surface area (Å²) in [7, 11) is 0. The first-order valence-corrected chi connectivity index (χ1v) is 12.1. The molecule has 6 nitrogen and oxygen atoms in total. The van der Waals surface area contributed by atoms with Gasteiger partial charge in [-0.1, -0.05) is 6.92 Å². The molecule has 12 heteroatoms. The Morgan fingerprint density at radius 2 is 1.67 bits per heavy atom. The second kappa shape index (κ2) is 11.5. The van der Waals surface area contributed by atoms with Crippen LogP contribution in [0.25, 0.3) is 22.4 Å². The summed E-state index contributed by atoms with van der Waals surface area (Å²) >= 11 is 0. The summed E-state index contributed by atoms with van der Waals surface area (Å²) in [6.45, 7) is 3.55. The Labute approximate surface area is 220 Å². The van der Waals surface area contributed by atoms with Crippen molar-refractivity contribution in [2.45, 2.75) is 32.2 Å². The number of aliphatic hydroxyl groups excluding tert-OH is 1. The SMILES string of the molecule is CCN(CCCO)Cc1cc(Nc2ccc(C(F)(F)F)cc2)c2ccc(-c3ncccc3C(F)(F)F)nc2n1. The van der Waals surface area contributed by atoms with Gasteiger partial charge in [0, 0.05) is 37.0 Å². The summed E-state index contributed by atoms with van der Waals surface area (Å²) < 4.78 is 79.8. The van der Waals surface area contributed by atoms with E-state index in [0.717, 1.165) is 18.2 Å². The maximum Gasteiger partial charge on any atom is 0.418 e. The Balaban J connectivity index is 1.79. The van der Waals surface area contributed by atoms with Crippen LogP contribution >= 0.6 is 0 Å². The molecule has 0 unspecified atom stereocenters. The van der Waals surface area contributed by atoms with E-state index in [1.807, 2.05) is 11.8 Å². The van der Waals surface area contributed by atoms with Crippen LogP contribution in [0, 0.1) is 0 Å². The third-order valence-corrected chi connectivity index (χ3v) is 6.04. The zero-order valence-corrected chi connectivity index (χ0v) is 20.8. The maximum atomic E-state index is 13.6. The predicted molar refractivity (Wildman–Crippen MR) is 135 cm³/mol. The zero-order valence-electron chi connectivity index (χ0n) is 20.8. The number of aromatic nitrogens is 3. The van der Waals surface area contributed by atoms with Gasteiger partial charge in [-0.25, -0.2) is 9.97 Å². The molecular formula is C27H25F6N5O. The molecule has 0 amide bonds. The molecule has 0 saturated heterocycles. The number of benzene rings is 1. The highest BCUT2D eigenvalue weighted by atomic mass is 19.4. The molecule has 39 heavy (non-hydrogen) atoms. The summed E-state index contributed by atoms with van der Waals surface area (Å²) in [5.41, 5.74) is -0.543. The Hall–Kier alpha value is -3.77. The van der Waals surface area contributed by atoms with Crippen LogP contribution in [-0.4, -0.2) is 44.7 Å². The highest BCUT2D eigenvalue weighted by Crippen LogP contribution is 2.36. The number of pyridine rings is 3. The topological polar surface area (TPSA) is 74.2 Å². The number of fused-ring (bicyclic) bond motifs is 1.